The molecule has 0 spiro atoms. The number of hydrogen-bond donors (Lipinski definition) is 1. The van der Waals surface area contributed by atoms with Crippen LogP contribution in [0.25, 0.3) is 22.6 Å². The van der Waals surface area contributed by atoms with Gasteiger partial charge in [-0.3, -0.25) is 4.99 Å². The Bertz CT molecular complexity index is 1230. The van der Waals surface area contributed by atoms with E-state index in [4.69, 9.17) is 27.6 Å². The number of phenolic OH excluding ortho intramolecular Hbond substituents is 1. The lowest BCUT2D eigenvalue weighted by atomic mass is 10.1. The van der Waals surface area contributed by atoms with Crippen molar-refractivity contribution in [2.45, 2.75) is 6.92 Å². The van der Waals surface area contributed by atoms with Crippen LogP contribution in [0.2, 0.25) is 10.0 Å². The summed E-state index contributed by atoms with van der Waals surface area (Å²) in [6.45, 7) is 1.86. The third-order valence-corrected chi connectivity index (χ3v) is 5.35. The first-order chi connectivity index (χ1) is 13.4. The Hall–Kier alpha value is -2.09. The van der Waals surface area contributed by atoms with Crippen LogP contribution in [0.15, 0.2) is 57.9 Å². The third-order valence-electron chi connectivity index (χ3n) is 4.18. The minimum Gasteiger partial charge on any atom is -0.507 e. The summed E-state index contributed by atoms with van der Waals surface area (Å²) >= 11 is 14.4. The molecule has 4 aromatic rings. The number of benzene rings is 3. The number of nitrogens with zero attached hydrogens (tertiary/aromatic N) is 2. The third kappa shape index (κ3) is 3.87. The van der Waals surface area contributed by atoms with Gasteiger partial charge in [0.2, 0.25) is 5.89 Å². The molecule has 0 aliphatic heterocycles. The van der Waals surface area contributed by atoms with Crippen LogP contribution < -0.4 is 0 Å². The van der Waals surface area contributed by atoms with Gasteiger partial charge in [0.05, 0.1) is 16.3 Å². The van der Waals surface area contributed by atoms with Crippen LogP contribution in [0, 0.1) is 10.5 Å². The molecule has 0 saturated carbocycles. The topological polar surface area (TPSA) is 58.6 Å². The van der Waals surface area contributed by atoms with Crippen molar-refractivity contribution in [2.75, 3.05) is 0 Å². The van der Waals surface area contributed by atoms with E-state index in [9.17, 15) is 5.11 Å². The molecule has 7 heteroatoms. The maximum atomic E-state index is 10.2. The molecule has 0 atom stereocenters. The Kier molecular flexibility index (Phi) is 5.31. The Balaban J connectivity index is 1.69. The van der Waals surface area contributed by atoms with Crippen LogP contribution >= 0.6 is 45.8 Å². The van der Waals surface area contributed by atoms with E-state index in [0.29, 0.717) is 43.9 Å². The highest BCUT2D eigenvalue weighted by molar-refractivity contribution is 14.1. The highest BCUT2D eigenvalue weighted by atomic mass is 127. The lowest BCUT2D eigenvalue weighted by Crippen LogP contribution is -1.87. The first-order valence-electron chi connectivity index (χ1n) is 8.30. The van der Waals surface area contributed by atoms with Gasteiger partial charge in [0, 0.05) is 20.4 Å². The van der Waals surface area contributed by atoms with Gasteiger partial charge in [0.25, 0.3) is 0 Å². The molecule has 0 amide bonds. The predicted octanol–water partition coefficient (Wildman–Crippen LogP) is 7.17. The first-order valence-corrected chi connectivity index (χ1v) is 10.1. The molecule has 0 saturated heterocycles. The summed E-state index contributed by atoms with van der Waals surface area (Å²) in [5.74, 6) is 0.648. The predicted molar refractivity (Wildman–Crippen MR) is 122 cm³/mol. The summed E-state index contributed by atoms with van der Waals surface area (Å²) in [4.78, 5) is 8.98. The van der Waals surface area contributed by atoms with Crippen LogP contribution in [0.3, 0.4) is 0 Å². The van der Waals surface area contributed by atoms with Crippen LogP contribution in [-0.2, 0) is 0 Å². The molecule has 0 unspecified atom stereocenters. The van der Waals surface area contributed by atoms with Gasteiger partial charge in [-0.1, -0.05) is 23.2 Å². The lowest BCUT2D eigenvalue weighted by molar-refractivity contribution is 0.470. The Morgan fingerprint density at radius 3 is 2.71 bits per heavy atom. The molecule has 4 rings (SSSR count). The molecule has 3 aromatic carbocycles. The average molecular weight is 523 g/mol. The van der Waals surface area contributed by atoms with Gasteiger partial charge in [0.1, 0.15) is 11.3 Å². The molecule has 0 aliphatic rings. The first kappa shape index (κ1) is 19.2. The fraction of sp³-hybridized carbons (Fsp3) is 0.0476. The average Bonchev–Trinajstić information content (AvgIpc) is 3.06. The van der Waals surface area contributed by atoms with Crippen molar-refractivity contribution in [3.63, 3.8) is 0 Å². The minimum absolute atomic E-state index is 0.228. The number of aromatic hydroxyl groups is 1. The zero-order valence-electron chi connectivity index (χ0n) is 14.6. The molecule has 0 fully saturated rings. The normalized spacial score (nSPS) is 11.6. The van der Waals surface area contributed by atoms with Gasteiger partial charge in [-0.15, -0.1) is 0 Å². The van der Waals surface area contributed by atoms with E-state index in [0.717, 1.165) is 9.13 Å². The van der Waals surface area contributed by atoms with E-state index in [2.05, 4.69) is 32.6 Å². The Morgan fingerprint density at radius 1 is 1.11 bits per heavy atom. The zero-order chi connectivity index (χ0) is 19.8. The Morgan fingerprint density at radius 2 is 1.93 bits per heavy atom. The molecule has 28 heavy (non-hydrogen) atoms. The molecule has 1 N–H and O–H groups in total. The van der Waals surface area contributed by atoms with Crippen molar-refractivity contribution < 1.29 is 9.52 Å². The second kappa shape index (κ2) is 7.73. The molecular formula is C21H13Cl2IN2O2. The standard InChI is InChI=1S/C21H13Cl2IN2O2/c1-11-6-14(24)7-12(20(11)27)10-25-15-3-5-19-18(9-15)26-21(28-19)16-4-2-13(22)8-17(16)23/h2-10,27H,1H3. The second-order valence-electron chi connectivity index (χ2n) is 6.21. The summed E-state index contributed by atoms with van der Waals surface area (Å²) in [7, 11) is 0. The van der Waals surface area contributed by atoms with E-state index in [1.165, 1.54) is 0 Å². The molecule has 4 nitrogen and oxygen atoms in total. The summed E-state index contributed by atoms with van der Waals surface area (Å²) < 4.78 is 6.84. The number of aryl methyl sites for hydroxylation is 1. The number of oxazole rings is 1. The molecule has 1 heterocycles. The van der Waals surface area contributed by atoms with Crippen molar-refractivity contribution in [2.24, 2.45) is 4.99 Å². The maximum Gasteiger partial charge on any atom is 0.228 e. The molecule has 140 valence electrons. The van der Waals surface area contributed by atoms with Gasteiger partial charge in [-0.25, -0.2) is 4.98 Å². The van der Waals surface area contributed by atoms with Crippen molar-refractivity contribution in [1.29, 1.82) is 0 Å². The molecule has 1 aromatic heterocycles. The fourth-order valence-corrected chi connectivity index (χ4v) is 4.07. The van der Waals surface area contributed by atoms with Gasteiger partial charge in [0.15, 0.2) is 5.58 Å². The number of aliphatic imine (C=N–C) groups is 1. The minimum atomic E-state index is 0.228. The number of fused-ring (bicyclic) bond motifs is 1. The van der Waals surface area contributed by atoms with Crippen LogP contribution in [-0.4, -0.2) is 16.3 Å². The zero-order valence-corrected chi connectivity index (χ0v) is 18.2. The fourth-order valence-electron chi connectivity index (χ4n) is 2.78. The van der Waals surface area contributed by atoms with Crippen LogP contribution in [0.4, 0.5) is 5.69 Å². The number of phenols is 1. The SMILES string of the molecule is Cc1cc(I)cc(C=Nc2ccc3oc(-c4ccc(Cl)cc4Cl)nc3c2)c1O. The largest absolute Gasteiger partial charge is 0.507 e. The van der Waals surface area contributed by atoms with Crippen molar-refractivity contribution in [3.8, 4) is 17.2 Å². The summed E-state index contributed by atoms with van der Waals surface area (Å²) in [5, 5.41) is 11.2. The summed E-state index contributed by atoms with van der Waals surface area (Å²) in [6.07, 6.45) is 1.64. The van der Waals surface area contributed by atoms with Gasteiger partial charge in [-0.2, -0.15) is 0 Å². The lowest BCUT2D eigenvalue weighted by Gasteiger charge is -2.03. The van der Waals surface area contributed by atoms with Gasteiger partial charge in [-0.05, 0) is 83.6 Å². The van der Waals surface area contributed by atoms with Crippen molar-refractivity contribution >= 4 is 68.8 Å². The van der Waals surface area contributed by atoms with Gasteiger partial charge >= 0.3 is 0 Å². The van der Waals surface area contributed by atoms with E-state index >= 15 is 0 Å². The van der Waals surface area contributed by atoms with Crippen LogP contribution in [0.1, 0.15) is 11.1 Å². The van der Waals surface area contributed by atoms with Crippen LogP contribution in [0.5, 0.6) is 5.75 Å². The van der Waals surface area contributed by atoms with Crippen molar-refractivity contribution in [3.05, 3.63) is 73.3 Å². The summed E-state index contributed by atoms with van der Waals surface area (Å²) in [6, 6.07) is 14.4. The highest BCUT2D eigenvalue weighted by Crippen LogP contribution is 2.33. The quantitative estimate of drug-likeness (QED) is 0.229. The maximum absolute atomic E-state index is 10.2. The monoisotopic (exact) mass is 522 g/mol. The molecule has 0 aliphatic carbocycles. The van der Waals surface area contributed by atoms with E-state index in [1.807, 2.05) is 37.3 Å². The summed E-state index contributed by atoms with van der Waals surface area (Å²) in [5.41, 5.74) is 4.15. The van der Waals surface area contributed by atoms with Crippen molar-refractivity contribution in [1.82, 2.24) is 4.98 Å². The van der Waals surface area contributed by atoms with E-state index < -0.39 is 0 Å². The number of hydrogen-bond acceptors (Lipinski definition) is 4. The van der Waals surface area contributed by atoms with E-state index in [1.54, 1.807) is 24.4 Å². The highest BCUT2D eigenvalue weighted by Gasteiger charge is 2.12. The molecular weight excluding hydrogens is 510 g/mol. The smallest absolute Gasteiger partial charge is 0.228 e. The molecule has 0 radical (unpaired) electrons. The Labute approximate surface area is 185 Å². The molecule has 0 bridgehead atoms. The second-order valence-corrected chi connectivity index (χ2v) is 8.30. The van der Waals surface area contributed by atoms with E-state index in [-0.39, 0.29) is 5.75 Å². The number of aromatic nitrogens is 1. The number of rotatable bonds is 3. The number of halogens is 3. The van der Waals surface area contributed by atoms with Gasteiger partial charge < -0.3 is 9.52 Å².